The van der Waals surface area contributed by atoms with Crippen molar-refractivity contribution in [3.05, 3.63) is 54.1 Å². The first kappa shape index (κ1) is 22.0. The lowest BCUT2D eigenvalue weighted by Gasteiger charge is -2.16. The number of methoxy groups -OCH3 is 1. The van der Waals surface area contributed by atoms with Crippen LogP contribution in [0.3, 0.4) is 0 Å². The summed E-state index contributed by atoms with van der Waals surface area (Å²) in [5.74, 6) is 0.618. The van der Waals surface area contributed by atoms with Crippen molar-refractivity contribution in [3.63, 3.8) is 0 Å². The van der Waals surface area contributed by atoms with Crippen LogP contribution in [0.2, 0.25) is 0 Å². The zero-order valence-electron chi connectivity index (χ0n) is 15.4. The molecule has 7 nitrogen and oxygen atoms in total. The van der Waals surface area contributed by atoms with Gasteiger partial charge in [-0.05, 0) is 55.2 Å². The highest BCUT2D eigenvalue weighted by molar-refractivity contribution is 7.92. The van der Waals surface area contributed by atoms with Gasteiger partial charge in [0.05, 0.1) is 17.7 Å². The molecule has 1 unspecified atom stereocenters. The lowest BCUT2D eigenvalue weighted by molar-refractivity contribution is 0.0933. The fraction of sp³-hybridized carbons (Fsp3) is 0.316. The molecule has 0 heterocycles. The standard InChI is InChI=1S/C19H23N3O4S.ClH/c1-26-18-5-3-2-4-16(18)22-27(24,25)15-10-8-14(9-11-15)19(23)21-17(12-20)13-6-7-13;/h2-5,8-11,13,17,22H,6-7,12,20H2,1H3,(H,21,23);1H. The van der Waals surface area contributed by atoms with Crippen molar-refractivity contribution in [2.75, 3.05) is 18.4 Å². The van der Waals surface area contributed by atoms with E-state index >= 15 is 0 Å². The van der Waals surface area contributed by atoms with Crippen LogP contribution >= 0.6 is 12.4 Å². The molecular formula is C19H24ClN3O4S. The maximum Gasteiger partial charge on any atom is 0.262 e. The number of anilines is 1. The van der Waals surface area contributed by atoms with Gasteiger partial charge in [0.2, 0.25) is 0 Å². The van der Waals surface area contributed by atoms with Crippen LogP contribution in [-0.4, -0.2) is 34.0 Å². The van der Waals surface area contributed by atoms with Crippen molar-refractivity contribution in [2.45, 2.75) is 23.8 Å². The van der Waals surface area contributed by atoms with Gasteiger partial charge in [0.1, 0.15) is 5.75 Å². The molecule has 28 heavy (non-hydrogen) atoms. The average molecular weight is 426 g/mol. The molecule has 1 aliphatic carbocycles. The zero-order valence-corrected chi connectivity index (χ0v) is 17.1. The third-order valence-electron chi connectivity index (χ3n) is 4.54. The van der Waals surface area contributed by atoms with E-state index in [0.29, 0.717) is 29.5 Å². The monoisotopic (exact) mass is 425 g/mol. The number of nitrogens with one attached hydrogen (secondary N) is 2. The summed E-state index contributed by atoms with van der Waals surface area (Å²) >= 11 is 0. The molecule has 2 aromatic carbocycles. The highest BCUT2D eigenvalue weighted by atomic mass is 35.5. The summed E-state index contributed by atoms with van der Waals surface area (Å²) in [5.41, 5.74) is 6.44. The van der Waals surface area contributed by atoms with E-state index in [0.717, 1.165) is 12.8 Å². The third kappa shape index (κ3) is 5.15. The Morgan fingerprint density at radius 1 is 1.18 bits per heavy atom. The third-order valence-corrected chi connectivity index (χ3v) is 5.92. The minimum absolute atomic E-state index is 0. The van der Waals surface area contributed by atoms with Gasteiger partial charge < -0.3 is 15.8 Å². The Hall–Kier alpha value is -2.29. The molecule has 9 heteroatoms. The van der Waals surface area contributed by atoms with Crippen molar-refractivity contribution in [2.24, 2.45) is 11.7 Å². The number of halogens is 1. The Morgan fingerprint density at radius 3 is 2.39 bits per heavy atom. The summed E-state index contributed by atoms with van der Waals surface area (Å²) in [7, 11) is -2.33. The van der Waals surface area contributed by atoms with Crippen LogP contribution in [0.1, 0.15) is 23.2 Å². The van der Waals surface area contributed by atoms with Gasteiger partial charge in [0.15, 0.2) is 0 Å². The first-order chi connectivity index (χ1) is 12.9. The van der Waals surface area contributed by atoms with E-state index in [-0.39, 0.29) is 29.3 Å². The molecule has 1 amide bonds. The fourth-order valence-electron chi connectivity index (χ4n) is 2.84. The molecule has 1 aliphatic rings. The van der Waals surface area contributed by atoms with Crippen molar-refractivity contribution in [1.82, 2.24) is 5.32 Å². The number of carbonyl (C=O) groups excluding carboxylic acids is 1. The lowest BCUT2D eigenvalue weighted by Crippen LogP contribution is -2.41. The quantitative estimate of drug-likeness (QED) is 0.601. The highest BCUT2D eigenvalue weighted by Gasteiger charge is 2.31. The summed E-state index contributed by atoms with van der Waals surface area (Å²) in [6.07, 6.45) is 2.15. The van der Waals surface area contributed by atoms with Crippen molar-refractivity contribution in [1.29, 1.82) is 0 Å². The van der Waals surface area contributed by atoms with Gasteiger partial charge in [0.25, 0.3) is 15.9 Å². The van der Waals surface area contributed by atoms with E-state index in [2.05, 4.69) is 10.0 Å². The van der Waals surface area contributed by atoms with Crippen LogP contribution in [0.15, 0.2) is 53.4 Å². The Morgan fingerprint density at radius 2 is 1.82 bits per heavy atom. The normalized spacial score (nSPS) is 14.5. The number of sulfonamides is 1. The SMILES string of the molecule is COc1ccccc1NS(=O)(=O)c1ccc(C(=O)NC(CN)C2CC2)cc1.Cl. The van der Waals surface area contributed by atoms with Gasteiger partial charge in [-0.25, -0.2) is 8.42 Å². The largest absolute Gasteiger partial charge is 0.495 e. The molecular weight excluding hydrogens is 402 g/mol. The number of amides is 1. The molecule has 0 radical (unpaired) electrons. The zero-order chi connectivity index (χ0) is 19.4. The van der Waals surface area contributed by atoms with Crippen molar-refractivity contribution in [3.8, 4) is 5.75 Å². The predicted octanol–water partition coefficient (Wildman–Crippen LogP) is 2.38. The molecule has 3 rings (SSSR count). The number of hydrogen-bond acceptors (Lipinski definition) is 5. The smallest absolute Gasteiger partial charge is 0.262 e. The second kappa shape index (κ2) is 9.27. The molecule has 1 atom stereocenters. The van der Waals surface area contributed by atoms with E-state index < -0.39 is 10.0 Å². The van der Waals surface area contributed by atoms with Crippen LogP contribution in [0.5, 0.6) is 5.75 Å². The summed E-state index contributed by atoms with van der Waals surface area (Å²) in [5, 5.41) is 2.91. The van der Waals surface area contributed by atoms with Crippen LogP contribution in [0, 0.1) is 5.92 Å². The summed E-state index contributed by atoms with van der Waals surface area (Å²) in [4.78, 5) is 12.4. The van der Waals surface area contributed by atoms with Gasteiger partial charge in [0, 0.05) is 18.2 Å². The second-order valence-corrected chi connectivity index (χ2v) is 8.17. The molecule has 1 saturated carbocycles. The number of carbonyl (C=O) groups is 1. The van der Waals surface area contributed by atoms with Gasteiger partial charge in [-0.1, -0.05) is 12.1 Å². The fourth-order valence-corrected chi connectivity index (χ4v) is 3.91. The maximum absolute atomic E-state index is 12.6. The Labute approximate surface area is 171 Å². The summed E-state index contributed by atoms with van der Waals surface area (Å²) < 4.78 is 32.8. The molecule has 0 aliphatic heterocycles. The molecule has 0 spiro atoms. The Balaban J connectivity index is 0.00000280. The topological polar surface area (TPSA) is 111 Å². The van der Waals surface area contributed by atoms with Crippen molar-refractivity contribution < 1.29 is 17.9 Å². The molecule has 0 saturated heterocycles. The first-order valence-corrected chi connectivity index (χ1v) is 10.2. The minimum atomic E-state index is -3.80. The van der Waals surface area contributed by atoms with Gasteiger partial charge in [-0.15, -0.1) is 12.4 Å². The van der Waals surface area contributed by atoms with Gasteiger partial charge >= 0.3 is 0 Å². The predicted molar refractivity (Wildman–Crippen MR) is 111 cm³/mol. The number of nitrogens with two attached hydrogens (primary N) is 1. The van der Waals surface area contributed by atoms with E-state index in [9.17, 15) is 13.2 Å². The highest BCUT2D eigenvalue weighted by Crippen LogP contribution is 2.32. The maximum atomic E-state index is 12.6. The van der Waals surface area contributed by atoms with Crippen LogP contribution in [-0.2, 0) is 10.0 Å². The summed E-state index contributed by atoms with van der Waals surface area (Å²) in [6, 6.07) is 12.5. The number of para-hydroxylation sites is 2. The molecule has 0 bridgehead atoms. The summed E-state index contributed by atoms with van der Waals surface area (Å²) in [6.45, 7) is 0.395. The van der Waals surface area contributed by atoms with Crippen molar-refractivity contribution >= 4 is 34.0 Å². The van der Waals surface area contributed by atoms with E-state index in [1.807, 2.05) is 0 Å². The molecule has 4 N–H and O–H groups in total. The molecule has 0 aromatic heterocycles. The van der Waals surface area contributed by atoms with Crippen LogP contribution in [0.4, 0.5) is 5.69 Å². The molecule has 2 aromatic rings. The Kier molecular flexibility index (Phi) is 7.29. The number of benzene rings is 2. The van der Waals surface area contributed by atoms with Crippen LogP contribution < -0.4 is 20.5 Å². The Bertz CT molecular complexity index is 915. The van der Waals surface area contributed by atoms with Gasteiger partial charge in [-0.3, -0.25) is 9.52 Å². The molecule has 1 fully saturated rings. The van der Waals surface area contributed by atoms with E-state index in [4.69, 9.17) is 10.5 Å². The van der Waals surface area contributed by atoms with Crippen LogP contribution in [0.25, 0.3) is 0 Å². The first-order valence-electron chi connectivity index (χ1n) is 8.71. The van der Waals surface area contributed by atoms with E-state index in [1.165, 1.54) is 31.4 Å². The molecule has 152 valence electrons. The minimum Gasteiger partial charge on any atom is -0.495 e. The average Bonchev–Trinajstić information content (AvgIpc) is 3.51. The van der Waals surface area contributed by atoms with Gasteiger partial charge in [-0.2, -0.15) is 0 Å². The van der Waals surface area contributed by atoms with E-state index in [1.54, 1.807) is 24.3 Å². The number of ether oxygens (including phenoxy) is 1. The number of rotatable bonds is 8. The second-order valence-electron chi connectivity index (χ2n) is 6.48. The number of hydrogen-bond donors (Lipinski definition) is 3. The lowest BCUT2D eigenvalue weighted by atomic mass is 10.1.